The maximum atomic E-state index is 8.34. The largest absolute Gasteiger partial charge is 0.494 e. The van der Waals surface area contributed by atoms with Crippen molar-refractivity contribution in [2.75, 3.05) is 12.4 Å². The SMILES string of the molecule is N#CSCCCCCCOc1cccc(Cl)c1. The summed E-state index contributed by atoms with van der Waals surface area (Å²) < 4.78 is 5.57. The van der Waals surface area contributed by atoms with E-state index in [1.54, 1.807) is 0 Å². The number of hydrogen-bond donors (Lipinski definition) is 0. The standard InChI is InChI=1S/C13H16ClNOS/c14-12-6-5-7-13(10-12)16-8-3-1-2-4-9-17-11-15/h5-7,10H,1-4,8-9H2. The summed E-state index contributed by atoms with van der Waals surface area (Å²) in [6.07, 6.45) is 4.46. The van der Waals surface area contributed by atoms with Crippen LogP contribution in [0.15, 0.2) is 24.3 Å². The highest BCUT2D eigenvalue weighted by Crippen LogP contribution is 2.17. The van der Waals surface area contributed by atoms with Gasteiger partial charge >= 0.3 is 0 Å². The van der Waals surface area contributed by atoms with Gasteiger partial charge in [-0.2, -0.15) is 5.26 Å². The number of hydrogen-bond acceptors (Lipinski definition) is 3. The number of thiocyanates is 1. The molecule has 0 aliphatic rings. The van der Waals surface area contributed by atoms with Crippen LogP contribution in [0.4, 0.5) is 0 Å². The van der Waals surface area contributed by atoms with E-state index in [2.05, 4.69) is 5.40 Å². The zero-order valence-corrected chi connectivity index (χ0v) is 11.3. The van der Waals surface area contributed by atoms with Crippen molar-refractivity contribution in [1.29, 1.82) is 5.26 Å². The Morgan fingerprint density at radius 3 is 2.82 bits per heavy atom. The van der Waals surface area contributed by atoms with Gasteiger partial charge in [-0.15, -0.1) is 0 Å². The fourth-order valence-corrected chi connectivity index (χ4v) is 2.04. The minimum absolute atomic E-state index is 0.705. The molecule has 0 amide bonds. The van der Waals surface area contributed by atoms with Crippen LogP contribution in [0.2, 0.25) is 5.02 Å². The molecule has 0 N–H and O–H groups in total. The molecule has 1 aromatic rings. The summed E-state index contributed by atoms with van der Waals surface area (Å²) in [5, 5.41) is 11.1. The number of benzene rings is 1. The Bertz CT molecular complexity index is 365. The Kier molecular flexibility index (Phi) is 7.70. The second-order valence-electron chi connectivity index (χ2n) is 3.66. The Hall–Kier alpha value is -0.850. The van der Waals surface area contributed by atoms with Gasteiger partial charge < -0.3 is 4.74 Å². The fourth-order valence-electron chi connectivity index (χ4n) is 1.42. The molecule has 4 heteroatoms. The first-order valence-electron chi connectivity index (χ1n) is 5.72. The number of nitriles is 1. The van der Waals surface area contributed by atoms with Crippen LogP contribution in [0.5, 0.6) is 5.75 Å². The summed E-state index contributed by atoms with van der Waals surface area (Å²) in [6, 6.07) is 7.46. The molecular formula is C13H16ClNOS. The molecule has 1 rings (SSSR count). The Morgan fingerprint density at radius 1 is 1.24 bits per heavy atom. The topological polar surface area (TPSA) is 33.0 Å². The molecule has 0 aliphatic carbocycles. The number of unbranched alkanes of at least 4 members (excludes halogenated alkanes) is 3. The zero-order chi connectivity index (χ0) is 12.3. The van der Waals surface area contributed by atoms with Gasteiger partial charge in [0.05, 0.1) is 6.61 Å². The summed E-state index contributed by atoms with van der Waals surface area (Å²) in [7, 11) is 0. The van der Waals surface area contributed by atoms with Gasteiger partial charge in [0.2, 0.25) is 0 Å². The molecule has 0 spiro atoms. The van der Waals surface area contributed by atoms with Gasteiger partial charge in [0.25, 0.3) is 0 Å². The number of halogens is 1. The minimum atomic E-state index is 0.705. The highest BCUT2D eigenvalue weighted by Gasteiger charge is 1.95. The monoisotopic (exact) mass is 269 g/mol. The normalized spacial score (nSPS) is 9.88. The average molecular weight is 270 g/mol. The Balaban J connectivity index is 1.99. The molecule has 1 aromatic carbocycles. The summed E-state index contributed by atoms with van der Waals surface area (Å²) in [6.45, 7) is 0.728. The van der Waals surface area contributed by atoms with E-state index >= 15 is 0 Å². The molecule has 0 aliphatic heterocycles. The lowest BCUT2D eigenvalue weighted by Gasteiger charge is -2.05. The van der Waals surface area contributed by atoms with Crippen molar-refractivity contribution < 1.29 is 4.74 Å². The second kappa shape index (κ2) is 9.21. The zero-order valence-electron chi connectivity index (χ0n) is 9.69. The lowest BCUT2D eigenvalue weighted by atomic mass is 10.2. The van der Waals surface area contributed by atoms with E-state index in [1.807, 2.05) is 24.3 Å². The average Bonchev–Trinajstić information content (AvgIpc) is 2.33. The minimum Gasteiger partial charge on any atom is -0.494 e. The molecule has 0 fully saturated rings. The third-order valence-electron chi connectivity index (χ3n) is 2.27. The number of ether oxygens (including phenoxy) is 1. The molecule has 2 nitrogen and oxygen atoms in total. The third kappa shape index (κ3) is 7.14. The molecule has 0 saturated heterocycles. The summed E-state index contributed by atoms with van der Waals surface area (Å²) in [5.41, 5.74) is 0. The van der Waals surface area contributed by atoms with Crippen molar-refractivity contribution in [2.45, 2.75) is 25.7 Å². The van der Waals surface area contributed by atoms with Gasteiger partial charge in [-0.1, -0.05) is 30.5 Å². The van der Waals surface area contributed by atoms with Crippen molar-refractivity contribution in [1.82, 2.24) is 0 Å². The molecule has 0 unspecified atom stereocenters. The molecule has 0 bridgehead atoms. The maximum Gasteiger partial charge on any atom is 0.133 e. The molecule has 0 radical (unpaired) electrons. The third-order valence-corrected chi connectivity index (χ3v) is 3.13. The summed E-state index contributed by atoms with van der Waals surface area (Å²) >= 11 is 7.18. The highest BCUT2D eigenvalue weighted by atomic mass is 35.5. The lowest BCUT2D eigenvalue weighted by molar-refractivity contribution is 0.305. The van der Waals surface area contributed by atoms with Crippen LogP contribution in [0.1, 0.15) is 25.7 Å². The van der Waals surface area contributed by atoms with Crippen LogP contribution in [0.25, 0.3) is 0 Å². The molecule has 0 heterocycles. The van der Waals surface area contributed by atoms with Gasteiger partial charge in [0.1, 0.15) is 11.2 Å². The Morgan fingerprint density at radius 2 is 2.06 bits per heavy atom. The smallest absolute Gasteiger partial charge is 0.133 e. The second-order valence-corrected chi connectivity index (χ2v) is 4.98. The van der Waals surface area contributed by atoms with Crippen LogP contribution in [-0.4, -0.2) is 12.4 Å². The van der Waals surface area contributed by atoms with Crippen molar-refractivity contribution in [3.63, 3.8) is 0 Å². The van der Waals surface area contributed by atoms with Crippen molar-refractivity contribution in [2.24, 2.45) is 0 Å². The molecule has 0 atom stereocenters. The molecule has 17 heavy (non-hydrogen) atoms. The van der Waals surface area contributed by atoms with Crippen molar-refractivity contribution in [3.8, 4) is 11.2 Å². The van der Waals surface area contributed by atoms with E-state index in [0.29, 0.717) is 5.02 Å². The fraction of sp³-hybridized carbons (Fsp3) is 0.462. The summed E-state index contributed by atoms with van der Waals surface area (Å²) in [5.74, 6) is 1.77. The molecule has 0 saturated carbocycles. The van der Waals surface area contributed by atoms with Gasteiger partial charge in [0, 0.05) is 10.8 Å². The van der Waals surface area contributed by atoms with Crippen molar-refractivity contribution >= 4 is 23.4 Å². The first-order chi connectivity index (χ1) is 8.33. The molecule has 0 aromatic heterocycles. The van der Waals surface area contributed by atoms with E-state index in [4.69, 9.17) is 21.6 Å². The van der Waals surface area contributed by atoms with Crippen molar-refractivity contribution in [3.05, 3.63) is 29.3 Å². The molecule has 92 valence electrons. The molecular weight excluding hydrogens is 254 g/mol. The Labute approximate surface area is 112 Å². The quantitative estimate of drug-likeness (QED) is 0.515. The van der Waals surface area contributed by atoms with E-state index in [9.17, 15) is 0 Å². The number of rotatable bonds is 8. The van der Waals surface area contributed by atoms with E-state index < -0.39 is 0 Å². The van der Waals surface area contributed by atoms with Crippen LogP contribution >= 0.6 is 23.4 Å². The first kappa shape index (κ1) is 14.2. The van der Waals surface area contributed by atoms with Gasteiger partial charge in [-0.3, -0.25) is 0 Å². The first-order valence-corrected chi connectivity index (χ1v) is 7.08. The van der Waals surface area contributed by atoms with Crippen LogP contribution in [0.3, 0.4) is 0 Å². The van der Waals surface area contributed by atoms with E-state index in [1.165, 1.54) is 11.8 Å². The van der Waals surface area contributed by atoms with Gasteiger partial charge in [-0.25, -0.2) is 0 Å². The van der Waals surface area contributed by atoms with Gasteiger partial charge in [-0.05, 0) is 42.8 Å². The number of thioether (sulfide) groups is 1. The van der Waals surface area contributed by atoms with E-state index in [-0.39, 0.29) is 0 Å². The van der Waals surface area contributed by atoms with Crippen LogP contribution in [-0.2, 0) is 0 Å². The number of nitrogens with zero attached hydrogens (tertiary/aromatic N) is 1. The lowest BCUT2D eigenvalue weighted by Crippen LogP contribution is -1.97. The van der Waals surface area contributed by atoms with E-state index in [0.717, 1.165) is 43.8 Å². The maximum absolute atomic E-state index is 8.34. The van der Waals surface area contributed by atoms with Crippen LogP contribution in [0, 0.1) is 10.7 Å². The predicted molar refractivity (Wildman–Crippen MR) is 73.5 cm³/mol. The van der Waals surface area contributed by atoms with Gasteiger partial charge in [0.15, 0.2) is 0 Å². The van der Waals surface area contributed by atoms with Crippen LogP contribution < -0.4 is 4.74 Å². The highest BCUT2D eigenvalue weighted by molar-refractivity contribution is 8.03. The predicted octanol–water partition coefficient (Wildman–Crippen LogP) is 4.49. The summed E-state index contributed by atoms with van der Waals surface area (Å²) in [4.78, 5) is 0.